The van der Waals surface area contributed by atoms with Crippen molar-refractivity contribution in [3.05, 3.63) is 46.0 Å². The van der Waals surface area contributed by atoms with Gasteiger partial charge in [-0.15, -0.1) is 11.6 Å². The minimum Gasteiger partial charge on any atom is -0.454 e. The lowest BCUT2D eigenvalue weighted by molar-refractivity contribution is 0.469. The van der Waals surface area contributed by atoms with Gasteiger partial charge in [-0.1, -0.05) is 29.8 Å². The molecule has 5 heteroatoms. The van der Waals surface area contributed by atoms with E-state index in [4.69, 9.17) is 16.3 Å². The van der Waals surface area contributed by atoms with E-state index in [1.807, 2.05) is 39.0 Å². The average Bonchev–Trinajstić information content (AvgIpc) is 2.43. The molecule has 20 heavy (non-hydrogen) atoms. The lowest BCUT2D eigenvalue weighted by Gasteiger charge is -2.12. The first kappa shape index (κ1) is 15.3. The fraction of sp³-hybridized carbons (Fsp3) is 0.333. The van der Waals surface area contributed by atoms with E-state index < -0.39 is 0 Å². The molecule has 0 atom stereocenters. The highest BCUT2D eigenvalue weighted by atomic mass is 79.9. The zero-order chi connectivity index (χ0) is 14.7. The Balaban J connectivity index is 2.30. The zero-order valence-corrected chi connectivity index (χ0v) is 14.0. The van der Waals surface area contributed by atoms with Gasteiger partial charge >= 0.3 is 0 Å². The monoisotopic (exact) mass is 354 g/mol. The van der Waals surface area contributed by atoms with Crippen molar-refractivity contribution >= 4 is 27.5 Å². The van der Waals surface area contributed by atoms with Crippen molar-refractivity contribution in [2.45, 2.75) is 32.6 Å². The van der Waals surface area contributed by atoms with Crippen molar-refractivity contribution in [3.8, 4) is 11.5 Å². The van der Waals surface area contributed by atoms with Crippen molar-refractivity contribution in [1.29, 1.82) is 0 Å². The standard InChI is InChI=1S/C15H16BrClN2O/c1-9(2)15-18-8-14(13(7-17)19-15)20-11-4-5-12(16)10(3)6-11/h4-6,8-9H,7H2,1-3H3. The topological polar surface area (TPSA) is 35.0 Å². The van der Waals surface area contributed by atoms with Gasteiger partial charge in [0.25, 0.3) is 0 Å². The third-order valence-electron chi connectivity index (χ3n) is 2.85. The number of alkyl halides is 1. The van der Waals surface area contributed by atoms with Crippen LogP contribution in [0.5, 0.6) is 11.5 Å². The number of nitrogens with zero attached hydrogens (tertiary/aromatic N) is 2. The summed E-state index contributed by atoms with van der Waals surface area (Å²) in [6, 6.07) is 5.80. The summed E-state index contributed by atoms with van der Waals surface area (Å²) in [4.78, 5) is 8.77. The fourth-order valence-corrected chi connectivity index (χ4v) is 2.13. The number of rotatable bonds is 4. The number of benzene rings is 1. The summed E-state index contributed by atoms with van der Waals surface area (Å²) in [6.07, 6.45) is 1.69. The smallest absolute Gasteiger partial charge is 0.168 e. The minimum absolute atomic E-state index is 0.265. The Bertz CT molecular complexity index is 617. The molecule has 1 aromatic heterocycles. The number of hydrogen-bond donors (Lipinski definition) is 0. The first-order valence-electron chi connectivity index (χ1n) is 6.37. The molecule has 0 radical (unpaired) electrons. The molecule has 0 amide bonds. The van der Waals surface area contributed by atoms with Crippen LogP contribution in [0.4, 0.5) is 0 Å². The molecule has 106 valence electrons. The van der Waals surface area contributed by atoms with Gasteiger partial charge in [-0.3, -0.25) is 0 Å². The summed E-state index contributed by atoms with van der Waals surface area (Å²) in [5, 5.41) is 0. The first-order valence-corrected chi connectivity index (χ1v) is 7.69. The van der Waals surface area contributed by atoms with Crippen molar-refractivity contribution in [2.75, 3.05) is 0 Å². The van der Waals surface area contributed by atoms with Crippen LogP contribution in [0, 0.1) is 6.92 Å². The van der Waals surface area contributed by atoms with Gasteiger partial charge in [0.2, 0.25) is 0 Å². The molecule has 1 heterocycles. The third-order valence-corrected chi connectivity index (χ3v) is 3.99. The van der Waals surface area contributed by atoms with Gasteiger partial charge in [-0.25, -0.2) is 9.97 Å². The molecule has 0 fully saturated rings. The largest absolute Gasteiger partial charge is 0.454 e. The summed E-state index contributed by atoms with van der Waals surface area (Å²) >= 11 is 9.42. The Morgan fingerprint density at radius 3 is 2.70 bits per heavy atom. The summed E-state index contributed by atoms with van der Waals surface area (Å²) in [6.45, 7) is 6.11. The highest BCUT2D eigenvalue weighted by molar-refractivity contribution is 9.10. The van der Waals surface area contributed by atoms with E-state index in [2.05, 4.69) is 25.9 Å². The van der Waals surface area contributed by atoms with Crippen molar-refractivity contribution in [3.63, 3.8) is 0 Å². The van der Waals surface area contributed by atoms with Crippen LogP contribution in [0.3, 0.4) is 0 Å². The van der Waals surface area contributed by atoms with Crippen molar-refractivity contribution in [2.24, 2.45) is 0 Å². The summed E-state index contributed by atoms with van der Waals surface area (Å²) < 4.78 is 6.89. The predicted octanol–water partition coefficient (Wildman–Crippen LogP) is 5.20. The molecule has 0 aliphatic heterocycles. The molecule has 0 bridgehead atoms. The molecule has 1 aromatic carbocycles. The molecule has 0 saturated heterocycles. The molecule has 0 aliphatic rings. The van der Waals surface area contributed by atoms with Crippen LogP contribution in [0.1, 0.15) is 36.8 Å². The minimum atomic E-state index is 0.265. The van der Waals surface area contributed by atoms with E-state index in [9.17, 15) is 0 Å². The molecule has 2 rings (SSSR count). The normalized spacial score (nSPS) is 10.9. The third kappa shape index (κ3) is 3.49. The zero-order valence-electron chi connectivity index (χ0n) is 11.7. The van der Waals surface area contributed by atoms with E-state index in [0.717, 1.165) is 21.6 Å². The summed E-state index contributed by atoms with van der Waals surface area (Å²) in [5.74, 6) is 2.69. The maximum absolute atomic E-state index is 5.95. The van der Waals surface area contributed by atoms with Gasteiger partial charge in [-0.2, -0.15) is 0 Å². The Hall–Kier alpha value is -1.13. The van der Waals surface area contributed by atoms with Crippen LogP contribution < -0.4 is 4.74 Å². The second kappa shape index (κ2) is 6.55. The van der Waals surface area contributed by atoms with Crippen LogP contribution >= 0.6 is 27.5 Å². The Kier molecular flexibility index (Phi) is 5.00. The molecule has 3 nitrogen and oxygen atoms in total. The number of aromatic nitrogens is 2. The Morgan fingerprint density at radius 2 is 2.10 bits per heavy atom. The maximum Gasteiger partial charge on any atom is 0.168 e. The summed E-state index contributed by atoms with van der Waals surface area (Å²) in [5.41, 5.74) is 1.82. The number of aryl methyl sites for hydroxylation is 1. The highest BCUT2D eigenvalue weighted by Crippen LogP contribution is 2.28. The molecule has 0 spiro atoms. The second-order valence-corrected chi connectivity index (χ2v) is 5.96. The van der Waals surface area contributed by atoms with Crippen LogP contribution in [0.25, 0.3) is 0 Å². The van der Waals surface area contributed by atoms with Crippen LogP contribution in [0.2, 0.25) is 0 Å². The van der Waals surface area contributed by atoms with Gasteiger partial charge < -0.3 is 4.74 Å². The van der Waals surface area contributed by atoms with Gasteiger partial charge in [0.15, 0.2) is 5.75 Å². The van der Waals surface area contributed by atoms with Gasteiger partial charge in [-0.05, 0) is 30.7 Å². The lowest BCUT2D eigenvalue weighted by Crippen LogP contribution is -2.02. The van der Waals surface area contributed by atoms with Crippen LogP contribution in [-0.2, 0) is 5.88 Å². The van der Waals surface area contributed by atoms with Crippen molar-refractivity contribution < 1.29 is 4.74 Å². The van der Waals surface area contributed by atoms with E-state index in [0.29, 0.717) is 17.3 Å². The fourth-order valence-electron chi connectivity index (χ4n) is 1.69. The Morgan fingerprint density at radius 1 is 1.35 bits per heavy atom. The highest BCUT2D eigenvalue weighted by Gasteiger charge is 2.11. The molecular formula is C15H16BrClN2O. The maximum atomic E-state index is 5.95. The predicted molar refractivity (Wildman–Crippen MR) is 84.6 cm³/mol. The number of halogens is 2. The number of hydrogen-bond acceptors (Lipinski definition) is 3. The van der Waals surface area contributed by atoms with Gasteiger partial charge in [0.05, 0.1) is 12.1 Å². The van der Waals surface area contributed by atoms with E-state index in [1.165, 1.54) is 0 Å². The molecule has 2 aromatic rings. The molecule has 0 saturated carbocycles. The molecular weight excluding hydrogens is 340 g/mol. The first-order chi connectivity index (χ1) is 9.51. The van der Waals surface area contributed by atoms with Crippen LogP contribution in [0.15, 0.2) is 28.9 Å². The second-order valence-electron chi connectivity index (χ2n) is 4.84. The number of ether oxygens (including phenoxy) is 1. The van der Waals surface area contributed by atoms with E-state index in [1.54, 1.807) is 6.20 Å². The quantitative estimate of drug-likeness (QED) is 0.707. The Labute approximate surface area is 132 Å². The van der Waals surface area contributed by atoms with E-state index >= 15 is 0 Å². The summed E-state index contributed by atoms with van der Waals surface area (Å²) in [7, 11) is 0. The lowest BCUT2D eigenvalue weighted by atomic mass is 10.2. The van der Waals surface area contributed by atoms with Crippen molar-refractivity contribution in [1.82, 2.24) is 9.97 Å². The SMILES string of the molecule is Cc1cc(Oc2cnc(C(C)C)nc2CCl)ccc1Br. The molecule has 0 unspecified atom stereocenters. The van der Waals surface area contributed by atoms with Crippen LogP contribution in [-0.4, -0.2) is 9.97 Å². The average molecular weight is 356 g/mol. The molecule has 0 aliphatic carbocycles. The molecule has 0 N–H and O–H groups in total. The van der Waals surface area contributed by atoms with Gasteiger partial charge in [0, 0.05) is 10.4 Å². The van der Waals surface area contributed by atoms with E-state index in [-0.39, 0.29) is 5.92 Å². The van der Waals surface area contributed by atoms with Gasteiger partial charge in [0.1, 0.15) is 17.3 Å².